The van der Waals surface area contributed by atoms with E-state index >= 15 is 0 Å². The van der Waals surface area contributed by atoms with E-state index in [1.165, 1.54) is 5.56 Å². The van der Waals surface area contributed by atoms with Crippen LogP contribution in [0.3, 0.4) is 0 Å². The van der Waals surface area contributed by atoms with Gasteiger partial charge in [-0.05, 0) is 25.1 Å². The number of nitrogens with one attached hydrogen (secondary N) is 1. The molecule has 3 aromatic rings. The molecule has 0 unspecified atom stereocenters. The number of nitrogens with two attached hydrogens (primary N) is 1. The van der Waals surface area contributed by atoms with E-state index in [2.05, 4.69) is 41.4 Å². The van der Waals surface area contributed by atoms with E-state index in [0.717, 1.165) is 15.7 Å². The number of nitrogen functional groups attached to an aromatic ring is 1. The molecule has 2 aromatic carbocycles. The summed E-state index contributed by atoms with van der Waals surface area (Å²) < 4.78 is 0.932. The lowest BCUT2D eigenvalue weighted by Crippen LogP contribution is -2.07. The molecule has 0 aliphatic rings. The molecule has 0 amide bonds. The Kier molecular flexibility index (Phi) is 5.75. The first-order valence-corrected chi connectivity index (χ1v) is 8.63. The molecule has 26 heavy (non-hydrogen) atoms. The summed E-state index contributed by atoms with van der Waals surface area (Å²) in [5.41, 5.74) is 8.69. The zero-order valence-corrected chi connectivity index (χ0v) is 15.6. The molecular weight excluding hydrogens is 396 g/mol. The first-order chi connectivity index (χ1) is 12.6. The summed E-state index contributed by atoms with van der Waals surface area (Å²) in [6.45, 7) is 2.10. The average molecular weight is 413 g/mol. The molecule has 3 rings (SSSR count). The second-order valence-corrected chi connectivity index (χ2v) is 6.31. The highest BCUT2D eigenvalue weighted by Crippen LogP contribution is 2.15. The number of halogens is 1. The number of hydrogen-bond donors (Lipinski definition) is 2. The van der Waals surface area contributed by atoms with Crippen molar-refractivity contribution in [1.82, 2.24) is 15.0 Å². The zero-order chi connectivity index (χ0) is 18.4. The smallest absolute Gasteiger partial charge is 0.232 e. The third kappa shape index (κ3) is 5.00. The van der Waals surface area contributed by atoms with Gasteiger partial charge in [0, 0.05) is 15.7 Å². The van der Waals surface area contributed by atoms with E-state index in [9.17, 15) is 0 Å². The Balaban J connectivity index is 1.64. The van der Waals surface area contributed by atoms with E-state index in [1.807, 2.05) is 55.5 Å². The van der Waals surface area contributed by atoms with Crippen LogP contribution in [0, 0.1) is 6.92 Å². The van der Waals surface area contributed by atoms with Gasteiger partial charge in [0.25, 0.3) is 0 Å². The summed E-state index contributed by atoms with van der Waals surface area (Å²) in [5, 5.41) is 7.03. The van der Waals surface area contributed by atoms with Crippen molar-refractivity contribution in [3.8, 4) is 0 Å². The molecule has 0 atom stereocenters. The summed E-state index contributed by atoms with van der Waals surface area (Å²) >= 11 is 3.44. The number of hydrogen-bond acceptors (Lipinski definition) is 7. The summed E-state index contributed by atoms with van der Waals surface area (Å²) in [7, 11) is 0. The van der Waals surface area contributed by atoms with E-state index in [1.54, 1.807) is 6.21 Å². The number of rotatable bonds is 6. The molecule has 8 heteroatoms. The molecule has 0 bridgehead atoms. The Morgan fingerprint density at radius 2 is 1.88 bits per heavy atom. The number of anilines is 3. The quantitative estimate of drug-likeness (QED) is 0.471. The minimum atomic E-state index is 0.0796. The standard InChI is InChI=1S/C18H17BrN6O/c1-12-6-8-14(9-7-12)22-18-24-16(23-17(20)25-18)11-26-21-10-13-4-2-3-5-15(13)19/h2-10H,11H2,1H3,(H3,20,22,23,24,25)/b21-10-. The molecule has 1 aromatic heterocycles. The average Bonchev–Trinajstić information content (AvgIpc) is 2.62. The third-order valence-electron chi connectivity index (χ3n) is 3.37. The molecule has 3 N–H and O–H groups in total. The van der Waals surface area contributed by atoms with Crippen molar-refractivity contribution in [2.24, 2.45) is 5.16 Å². The molecule has 0 aliphatic carbocycles. The second kappa shape index (κ2) is 8.39. The van der Waals surface area contributed by atoms with Gasteiger partial charge in [-0.3, -0.25) is 0 Å². The van der Waals surface area contributed by atoms with Gasteiger partial charge in [0.15, 0.2) is 12.4 Å². The fourth-order valence-corrected chi connectivity index (χ4v) is 2.48. The van der Waals surface area contributed by atoms with Crippen molar-refractivity contribution >= 4 is 39.7 Å². The highest BCUT2D eigenvalue weighted by molar-refractivity contribution is 9.10. The molecular formula is C18H17BrN6O. The highest BCUT2D eigenvalue weighted by Gasteiger charge is 2.05. The number of benzene rings is 2. The lowest BCUT2D eigenvalue weighted by Gasteiger charge is -2.07. The van der Waals surface area contributed by atoms with Gasteiger partial charge < -0.3 is 15.9 Å². The first-order valence-electron chi connectivity index (χ1n) is 7.84. The number of oxime groups is 1. The number of nitrogens with zero attached hydrogens (tertiary/aromatic N) is 4. The van der Waals surface area contributed by atoms with E-state index in [-0.39, 0.29) is 12.6 Å². The van der Waals surface area contributed by atoms with Gasteiger partial charge in [0.1, 0.15) is 0 Å². The van der Waals surface area contributed by atoms with Crippen molar-refractivity contribution in [1.29, 1.82) is 0 Å². The Labute approximate surface area is 159 Å². The Morgan fingerprint density at radius 3 is 2.65 bits per heavy atom. The van der Waals surface area contributed by atoms with Crippen LogP contribution in [0.25, 0.3) is 0 Å². The van der Waals surface area contributed by atoms with Gasteiger partial charge in [-0.25, -0.2) is 0 Å². The van der Waals surface area contributed by atoms with Crippen molar-refractivity contribution < 1.29 is 4.84 Å². The van der Waals surface area contributed by atoms with Gasteiger partial charge in [0.2, 0.25) is 11.9 Å². The summed E-state index contributed by atoms with van der Waals surface area (Å²) in [5.74, 6) is 0.856. The lowest BCUT2D eigenvalue weighted by molar-refractivity contribution is 0.126. The van der Waals surface area contributed by atoms with Crippen LogP contribution >= 0.6 is 15.9 Å². The van der Waals surface area contributed by atoms with E-state index in [4.69, 9.17) is 10.6 Å². The molecule has 0 saturated carbocycles. The molecule has 0 saturated heterocycles. The van der Waals surface area contributed by atoms with Gasteiger partial charge in [-0.15, -0.1) is 0 Å². The molecule has 132 valence electrons. The maximum Gasteiger partial charge on any atom is 0.232 e. The van der Waals surface area contributed by atoms with Crippen LogP contribution in [0.15, 0.2) is 58.2 Å². The van der Waals surface area contributed by atoms with Gasteiger partial charge in [-0.2, -0.15) is 15.0 Å². The molecule has 1 heterocycles. The molecule has 0 spiro atoms. The summed E-state index contributed by atoms with van der Waals surface area (Å²) in [4.78, 5) is 17.7. The number of aromatic nitrogens is 3. The highest BCUT2D eigenvalue weighted by atomic mass is 79.9. The van der Waals surface area contributed by atoms with Crippen LogP contribution in [-0.4, -0.2) is 21.2 Å². The SMILES string of the molecule is Cc1ccc(Nc2nc(N)nc(CO/N=C\c3ccccc3Br)n2)cc1. The minimum Gasteiger partial charge on any atom is -0.388 e. The fraction of sp³-hybridized carbons (Fsp3) is 0.111. The maximum atomic E-state index is 5.75. The molecule has 7 nitrogen and oxygen atoms in total. The lowest BCUT2D eigenvalue weighted by atomic mass is 10.2. The van der Waals surface area contributed by atoms with Gasteiger partial charge in [-0.1, -0.05) is 57.0 Å². The van der Waals surface area contributed by atoms with Crippen molar-refractivity contribution in [3.05, 3.63) is 70.0 Å². The summed E-state index contributed by atoms with van der Waals surface area (Å²) in [6.07, 6.45) is 1.61. The minimum absolute atomic E-state index is 0.0796. The van der Waals surface area contributed by atoms with Gasteiger partial charge >= 0.3 is 0 Å². The third-order valence-corrected chi connectivity index (χ3v) is 4.09. The van der Waals surface area contributed by atoms with Crippen molar-refractivity contribution in [3.63, 3.8) is 0 Å². The topological polar surface area (TPSA) is 98.3 Å². The molecule has 0 fully saturated rings. The Morgan fingerprint density at radius 1 is 1.12 bits per heavy atom. The monoisotopic (exact) mass is 412 g/mol. The Hall–Kier alpha value is -3.00. The van der Waals surface area contributed by atoms with E-state index < -0.39 is 0 Å². The van der Waals surface area contributed by atoms with Crippen LogP contribution in [0.1, 0.15) is 17.0 Å². The predicted octanol–water partition coefficient (Wildman–Crippen LogP) is 3.82. The molecule has 0 radical (unpaired) electrons. The maximum absolute atomic E-state index is 5.75. The van der Waals surface area contributed by atoms with Crippen LogP contribution in [-0.2, 0) is 11.4 Å². The van der Waals surface area contributed by atoms with Crippen LogP contribution in [0.5, 0.6) is 0 Å². The number of aryl methyl sites for hydroxylation is 1. The van der Waals surface area contributed by atoms with Crippen LogP contribution in [0.2, 0.25) is 0 Å². The normalized spacial score (nSPS) is 10.8. The van der Waals surface area contributed by atoms with Gasteiger partial charge in [0.05, 0.1) is 6.21 Å². The zero-order valence-electron chi connectivity index (χ0n) is 14.1. The Bertz CT molecular complexity index is 914. The fourth-order valence-electron chi connectivity index (χ4n) is 2.09. The largest absolute Gasteiger partial charge is 0.388 e. The molecule has 0 aliphatic heterocycles. The predicted molar refractivity (Wildman–Crippen MR) is 105 cm³/mol. The second-order valence-electron chi connectivity index (χ2n) is 5.45. The first kappa shape index (κ1) is 17.8. The van der Waals surface area contributed by atoms with Crippen LogP contribution in [0.4, 0.5) is 17.6 Å². The van der Waals surface area contributed by atoms with E-state index in [0.29, 0.717) is 11.8 Å². The van der Waals surface area contributed by atoms with Crippen LogP contribution < -0.4 is 11.1 Å². The van der Waals surface area contributed by atoms with Crippen molar-refractivity contribution in [2.45, 2.75) is 13.5 Å². The van der Waals surface area contributed by atoms with Crippen molar-refractivity contribution in [2.75, 3.05) is 11.1 Å². The summed E-state index contributed by atoms with van der Waals surface area (Å²) in [6, 6.07) is 15.6.